The van der Waals surface area contributed by atoms with Gasteiger partial charge in [-0.3, -0.25) is 4.79 Å². The predicted octanol–water partition coefficient (Wildman–Crippen LogP) is 5.87. The molecule has 0 unspecified atom stereocenters. The van der Waals surface area contributed by atoms with Gasteiger partial charge in [0.1, 0.15) is 5.78 Å². The number of Topliss-reactive ketones (excluding diaryl/α,β-unsaturated/α-hetero) is 1. The summed E-state index contributed by atoms with van der Waals surface area (Å²) in [7, 11) is -2.26. The summed E-state index contributed by atoms with van der Waals surface area (Å²) in [5, 5.41) is 10.5. The van der Waals surface area contributed by atoms with Gasteiger partial charge in [0.15, 0.2) is 0 Å². The summed E-state index contributed by atoms with van der Waals surface area (Å²) < 4.78 is 13.3. The van der Waals surface area contributed by atoms with Crippen molar-refractivity contribution in [1.29, 1.82) is 5.26 Å². The van der Waals surface area contributed by atoms with Crippen LogP contribution in [0.5, 0.6) is 0 Å². The first-order valence-electron chi connectivity index (χ1n) is 11.7. The molecule has 4 bridgehead atoms. The summed E-state index contributed by atoms with van der Waals surface area (Å²) >= 11 is 0. The van der Waals surface area contributed by atoms with Gasteiger partial charge in [0, 0.05) is 31.0 Å². The Morgan fingerprint density at radius 3 is 2.21 bits per heavy atom. The Bertz CT molecular complexity index is 677. The van der Waals surface area contributed by atoms with Crippen LogP contribution in [-0.2, 0) is 14.0 Å². The van der Waals surface area contributed by atoms with Gasteiger partial charge < -0.3 is 9.16 Å². The molecule has 3 rings (SSSR count). The Kier molecular flexibility index (Phi) is 5.91. The number of carbonyl (C=O) groups is 1. The van der Waals surface area contributed by atoms with Crippen molar-refractivity contribution in [1.82, 2.24) is 0 Å². The number of nitrogens with zero attached hydrogens (tertiary/aromatic N) is 1. The van der Waals surface area contributed by atoms with Crippen molar-refractivity contribution in [2.45, 2.75) is 103 Å². The first kappa shape index (κ1) is 23.0. The quantitative estimate of drug-likeness (QED) is 0.346. The van der Waals surface area contributed by atoms with Crippen molar-refractivity contribution in [3.05, 3.63) is 0 Å². The molecule has 164 valence electrons. The van der Waals surface area contributed by atoms with E-state index in [1.54, 1.807) is 0 Å². The Morgan fingerprint density at radius 1 is 1.14 bits per heavy atom. The van der Waals surface area contributed by atoms with Crippen molar-refractivity contribution >= 4 is 14.1 Å². The number of ether oxygens (including phenoxy) is 1. The van der Waals surface area contributed by atoms with Gasteiger partial charge in [-0.2, -0.15) is 5.26 Å². The van der Waals surface area contributed by atoms with Crippen LogP contribution in [0.4, 0.5) is 0 Å². The van der Waals surface area contributed by atoms with Crippen molar-refractivity contribution < 1.29 is 14.0 Å². The molecule has 29 heavy (non-hydrogen) atoms. The van der Waals surface area contributed by atoms with Crippen LogP contribution in [0.2, 0.25) is 16.6 Å². The van der Waals surface area contributed by atoms with Crippen LogP contribution in [-0.4, -0.2) is 32.9 Å². The average molecular weight is 420 g/mol. The predicted molar refractivity (Wildman–Crippen MR) is 118 cm³/mol. The molecular formula is C24H41NO3Si. The van der Waals surface area contributed by atoms with Crippen LogP contribution in [0, 0.1) is 34.0 Å². The summed E-state index contributed by atoms with van der Waals surface area (Å²) in [5.74, 6) is 0.562. The maximum atomic E-state index is 13.2. The van der Waals surface area contributed by atoms with Gasteiger partial charge in [-0.1, -0.05) is 48.5 Å². The topological polar surface area (TPSA) is 59.3 Å². The summed E-state index contributed by atoms with van der Waals surface area (Å²) in [4.78, 5) is 13.2. The molecule has 0 saturated heterocycles. The summed E-state index contributed by atoms with van der Waals surface area (Å²) in [6.07, 6.45) is 2.88. The van der Waals surface area contributed by atoms with Gasteiger partial charge in [-0.05, 0) is 48.7 Å². The number of hydrogen-bond acceptors (Lipinski definition) is 4. The average Bonchev–Trinajstić information content (AvgIpc) is 3.08. The SMILES string of the molecule is CCOCC[C@@]12C[C@@H](C)[C@@]3(C#N)C[C@@H]1C(=O)C[C@@]23O[Si](C(C)C)(C(C)C)C(C)C. The monoisotopic (exact) mass is 419 g/mol. The lowest BCUT2D eigenvalue weighted by molar-refractivity contribution is -0.128. The normalized spacial score (nSPS) is 38.6. The number of rotatable bonds is 9. The van der Waals surface area contributed by atoms with Crippen molar-refractivity contribution in [3.63, 3.8) is 0 Å². The molecule has 0 radical (unpaired) electrons. The van der Waals surface area contributed by atoms with Crippen LogP contribution < -0.4 is 0 Å². The molecule has 4 nitrogen and oxygen atoms in total. The van der Waals surface area contributed by atoms with E-state index in [2.05, 4.69) is 54.5 Å². The molecule has 0 aromatic heterocycles. The van der Waals surface area contributed by atoms with Crippen LogP contribution in [0.3, 0.4) is 0 Å². The van der Waals surface area contributed by atoms with Gasteiger partial charge >= 0.3 is 0 Å². The summed E-state index contributed by atoms with van der Waals surface area (Å²) in [6.45, 7) is 19.3. The van der Waals surface area contributed by atoms with E-state index < -0.39 is 19.3 Å². The Hall–Kier alpha value is -0.703. The van der Waals surface area contributed by atoms with Crippen molar-refractivity contribution in [3.8, 4) is 6.07 Å². The third kappa shape index (κ3) is 2.64. The van der Waals surface area contributed by atoms with Crippen LogP contribution in [0.15, 0.2) is 0 Å². The zero-order valence-electron chi connectivity index (χ0n) is 19.8. The number of carbonyl (C=O) groups excluding carboxylic acids is 1. The molecule has 0 aromatic carbocycles. The number of nitriles is 1. The highest BCUT2D eigenvalue weighted by atomic mass is 28.4. The van der Waals surface area contributed by atoms with Gasteiger partial charge in [0.05, 0.1) is 17.1 Å². The molecule has 3 aliphatic carbocycles. The largest absolute Gasteiger partial charge is 0.408 e. The molecule has 3 aliphatic rings. The lowest BCUT2D eigenvalue weighted by atomic mass is 9.65. The summed E-state index contributed by atoms with van der Waals surface area (Å²) in [5.41, 5.74) is -0.0963. The van der Waals surface area contributed by atoms with E-state index in [0.29, 0.717) is 48.5 Å². The first-order chi connectivity index (χ1) is 13.5. The highest BCUT2D eigenvalue weighted by molar-refractivity contribution is 6.77. The minimum absolute atomic E-state index is 0.0306. The molecule has 0 spiro atoms. The van der Waals surface area contributed by atoms with Crippen LogP contribution in [0.25, 0.3) is 0 Å². The Balaban J connectivity index is 2.18. The molecule has 0 aliphatic heterocycles. The standard InChI is InChI=1S/C24H41NO3Si/c1-9-27-11-10-22-12-19(8)23(15-25)13-20(22)21(26)14-24(22,23)28-29(16(2)3,17(4)5)18(6)7/h16-20H,9-14H2,1-8H3/t19-,20-,22-,23+,24-/m1/s1. The van der Waals surface area contributed by atoms with E-state index in [1.165, 1.54) is 0 Å². The molecule has 0 aromatic rings. The lowest BCUT2D eigenvalue weighted by Crippen LogP contribution is -2.61. The molecule has 5 heteroatoms. The maximum absolute atomic E-state index is 13.2. The molecular weight excluding hydrogens is 378 g/mol. The highest BCUT2D eigenvalue weighted by Gasteiger charge is 2.85. The van der Waals surface area contributed by atoms with Crippen molar-refractivity contribution in [2.24, 2.45) is 22.7 Å². The second kappa shape index (κ2) is 7.46. The molecule has 0 N–H and O–H groups in total. The fraction of sp³-hybridized carbons (Fsp3) is 0.917. The Labute approximate surface area is 178 Å². The first-order valence-corrected chi connectivity index (χ1v) is 13.9. The molecule has 5 atom stereocenters. The molecule has 3 saturated carbocycles. The van der Waals surface area contributed by atoms with E-state index in [-0.39, 0.29) is 17.3 Å². The highest BCUT2D eigenvalue weighted by Crippen LogP contribution is 2.80. The zero-order valence-corrected chi connectivity index (χ0v) is 20.8. The Morgan fingerprint density at radius 2 is 1.72 bits per heavy atom. The number of hydrogen-bond donors (Lipinski definition) is 0. The van der Waals surface area contributed by atoms with Crippen LogP contribution in [0.1, 0.15) is 81.1 Å². The van der Waals surface area contributed by atoms with Gasteiger partial charge in [-0.15, -0.1) is 0 Å². The second-order valence-corrected chi connectivity index (χ2v) is 16.3. The van der Waals surface area contributed by atoms with E-state index in [0.717, 1.165) is 12.8 Å². The van der Waals surface area contributed by atoms with E-state index >= 15 is 0 Å². The smallest absolute Gasteiger partial charge is 0.201 e. The van der Waals surface area contributed by atoms with Crippen molar-refractivity contribution in [2.75, 3.05) is 13.2 Å². The maximum Gasteiger partial charge on any atom is 0.201 e. The minimum atomic E-state index is -2.26. The zero-order chi connectivity index (χ0) is 21.8. The third-order valence-electron chi connectivity index (χ3n) is 9.20. The fourth-order valence-electron chi connectivity index (χ4n) is 8.17. The van der Waals surface area contributed by atoms with Gasteiger partial charge in [-0.25, -0.2) is 0 Å². The van der Waals surface area contributed by atoms with E-state index in [1.807, 2.05) is 6.92 Å². The van der Waals surface area contributed by atoms with Gasteiger partial charge in [0.25, 0.3) is 0 Å². The minimum Gasteiger partial charge on any atom is -0.408 e. The molecule has 0 heterocycles. The lowest BCUT2D eigenvalue weighted by Gasteiger charge is -2.53. The van der Waals surface area contributed by atoms with Crippen LogP contribution >= 0.6 is 0 Å². The number of ketones is 1. The summed E-state index contributed by atoms with van der Waals surface area (Å²) in [6, 6.07) is 2.77. The van der Waals surface area contributed by atoms with Gasteiger partial charge in [0.2, 0.25) is 8.32 Å². The fourth-order valence-corrected chi connectivity index (χ4v) is 13.9. The van der Waals surface area contributed by atoms with E-state index in [4.69, 9.17) is 9.16 Å². The molecule has 0 amide bonds. The third-order valence-corrected chi connectivity index (χ3v) is 15.3. The van der Waals surface area contributed by atoms with E-state index in [9.17, 15) is 10.1 Å². The molecule has 3 fully saturated rings. The second-order valence-electron chi connectivity index (χ2n) is 10.9.